The first-order valence-electron chi connectivity index (χ1n) is 5.29. The summed E-state index contributed by atoms with van der Waals surface area (Å²) in [5, 5.41) is 6.75. The van der Waals surface area contributed by atoms with Crippen molar-refractivity contribution in [2.24, 2.45) is 0 Å². The van der Waals surface area contributed by atoms with Crippen molar-refractivity contribution in [3.63, 3.8) is 0 Å². The summed E-state index contributed by atoms with van der Waals surface area (Å²) in [6, 6.07) is 4.51. The molecule has 100 valence electrons. The van der Waals surface area contributed by atoms with E-state index in [1.54, 1.807) is 13.0 Å². The van der Waals surface area contributed by atoms with Gasteiger partial charge in [-0.25, -0.2) is 0 Å². The van der Waals surface area contributed by atoms with Gasteiger partial charge in [-0.1, -0.05) is 28.4 Å². The largest absolute Gasteiger partial charge is 0.495 e. The van der Waals surface area contributed by atoms with E-state index in [-0.39, 0.29) is 10.6 Å². The standard InChI is InChI=1S/C12H10Cl2N2O3/c1-6-3-11(16-19-6)15-12(17)7-4-9(14)10(18-2)5-8(7)13/h3-5H,1-2H3,(H,15,16,17). The maximum absolute atomic E-state index is 12.0. The summed E-state index contributed by atoms with van der Waals surface area (Å²) in [6.07, 6.45) is 0. The number of aryl methyl sites for hydroxylation is 1. The van der Waals surface area contributed by atoms with E-state index < -0.39 is 5.91 Å². The molecule has 0 atom stereocenters. The predicted molar refractivity (Wildman–Crippen MR) is 72.2 cm³/mol. The lowest BCUT2D eigenvalue weighted by molar-refractivity contribution is 0.102. The number of hydrogen-bond acceptors (Lipinski definition) is 4. The number of rotatable bonds is 3. The van der Waals surface area contributed by atoms with Crippen LogP contribution >= 0.6 is 23.2 Å². The van der Waals surface area contributed by atoms with Crippen LogP contribution in [0, 0.1) is 6.92 Å². The highest BCUT2D eigenvalue weighted by Gasteiger charge is 2.15. The van der Waals surface area contributed by atoms with E-state index in [9.17, 15) is 4.79 Å². The van der Waals surface area contributed by atoms with Gasteiger partial charge >= 0.3 is 0 Å². The number of amides is 1. The molecule has 0 spiro atoms. The molecule has 1 aromatic heterocycles. The molecule has 1 N–H and O–H groups in total. The van der Waals surface area contributed by atoms with Gasteiger partial charge in [0.15, 0.2) is 5.82 Å². The zero-order valence-electron chi connectivity index (χ0n) is 10.2. The van der Waals surface area contributed by atoms with Crippen LogP contribution in [-0.4, -0.2) is 18.2 Å². The quantitative estimate of drug-likeness (QED) is 0.941. The minimum Gasteiger partial charge on any atom is -0.495 e. The Hall–Kier alpha value is -1.72. The van der Waals surface area contributed by atoms with Crippen molar-refractivity contribution in [3.8, 4) is 5.75 Å². The summed E-state index contributed by atoms with van der Waals surface area (Å²) in [6.45, 7) is 1.72. The zero-order chi connectivity index (χ0) is 14.0. The molecule has 0 aliphatic heterocycles. The highest BCUT2D eigenvalue weighted by molar-refractivity contribution is 6.37. The van der Waals surface area contributed by atoms with Crippen molar-refractivity contribution in [2.45, 2.75) is 6.92 Å². The van der Waals surface area contributed by atoms with Gasteiger partial charge in [0.1, 0.15) is 11.5 Å². The minimum absolute atomic E-state index is 0.230. The summed E-state index contributed by atoms with van der Waals surface area (Å²) in [7, 11) is 1.47. The molecule has 1 heterocycles. The molecule has 0 aliphatic rings. The maximum Gasteiger partial charge on any atom is 0.258 e. The molecule has 0 radical (unpaired) electrons. The van der Waals surface area contributed by atoms with Gasteiger partial charge in [0.05, 0.1) is 22.7 Å². The number of methoxy groups -OCH3 is 1. The van der Waals surface area contributed by atoms with Crippen molar-refractivity contribution in [1.82, 2.24) is 5.16 Å². The molecular weight excluding hydrogens is 291 g/mol. The Morgan fingerprint density at radius 3 is 2.63 bits per heavy atom. The van der Waals surface area contributed by atoms with Crippen LogP contribution in [0.15, 0.2) is 22.7 Å². The molecule has 0 saturated carbocycles. The van der Waals surface area contributed by atoms with Gasteiger partial charge in [0.2, 0.25) is 0 Å². The van der Waals surface area contributed by atoms with Crippen LogP contribution in [0.1, 0.15) is 16.1 Å². The fourth-order valence-corrected chi connectivity index (χ4v) is 1.95. The molecule has 0 fully saturated rings. The minimum atomic E-state index is -0.428. The molecule has 1 amide bonds. The first kappa shape index (κ1) is 13.7. The summed E-state index contributed by atoms with van der Waals surface area (Å²) in [5.41, 5.74) is 0.230. The highest BCUT2D eigenvalue weighted by Crippen LogP contribution is 2.31. The number of nitrogens with zero attached hydrogens (tertiary/aromatic N) is 1. The fourth-order valence-electron chi connectivity index (χ4n) is 1.47. The third-order valence-corrected chi connectivity index (χ3v) is 2.96. The number of halogens is 2. The Morgan fingerprint density at radius 1 is 1.32 bits per heavy atom. The molecule has 0 unspecified atom stereocenters. The van der Waals surface area contributed by atoms with Gasteiger partial charge in [-0.2, -0.15) is 0 Å². The molecule has 19 heavy (non-hydrogen) atoms. The van der Waals surface area contributed by atoms with Crippen molar-refractivity contribution < 1.29 is 14.1 Å². The zero-order valence-corrected chi connectivity index (χ0v) is 11.7. The van der Waals surface area contributed by atoms with Crippen LogP contribution in [0.2, 0.25) is 10.0 Å². The van der Waals surface area contributed by atoms with Crippen LogP contribution in [0.5, 0.6) is 5.75 Å². The highest BCUT2D eigenvalue weighted by atomic mass is 35.5. The normalized spacial score (nSPS) is 10.3. The second kappa shape index (κ2) is 5.50. The van der Waals surface area contributed by atoms with Gasteiger partial charge in [-0.15, -0.1) is 0 Å². The molecule has 1 aromatic carbocycles. The lowest BCUT2D eigenvalue weighted by Crippen LogP contribution is -2.12. The van der Waals surface area contributed by atoms with Crippen molar-refractivity contribution in [3.05, 3.63) is 39.6 Å². The van der Waals surface area contributed by atoms with Crippen LogP contribution in [0.3, 0.4) is 0 Å². The van der Waals surface area contributed by atoms with Crippen LogP contribution in [0.25, 0.3) is 0 Å². The average Bonchev–Trinajstić information content (AvgIpc) is 2.77. The monoisotopic (exact) mass is 300 g/mol. The number of nitrogens with one attached hydrogen (secondary N) is 1. The van der Waals surface area contributed by atoms with Crippen LogP contribution in [-0.2, 0) is 0 Å². The molecule has 0 aliphatic carbocycles. The van der Waals surface area contributed by atoms with Crippen molar-refractivity contribution >= 4 is 34.9 Å². The number of benzene rings is 1. The van der Waals surface area contributed by atoms with Gasteiger partial charge < -0.3 is 14.6 Å². The SMILES string of the molecule is COc1cc(Cl)c(C(=O)Nc2cc(C)on2)cc1Cl. The summed E-state index contributed by atoms with van der Waals surface area (Å²) in [5.74, 6) is 0.878. The molecule has 7 heteroatoms. The summed E-state index contributed by atoms with van der Waals surface area (Å²) >= 11 is 12.0. The lowest BCUT2D eigenvalue weighted by atomic mass is 10.2. The second-order valence-corrected chi connectivity index (χ2v) is 4.56. The Morgan fingerprint density at radius 2 is 2.05 bits per heavy atom. The molecular formula is C12H10Cl2N2O3. The number of carbonyl (C=O) groups is 1. The van der Waals surface area contributed by atoms with E-state index in [2.05, 4.69) is 10.5 Å². The van der Waals surface area contributed by atoms with Crippen molar-refractivity contribution in [1.29, 1.82) is 0 Å². The molecule has 2 aromatic rings. The van der Waals surface area contributed by atoms with E-state index in [0.717, 1.165) is 0 Å². The number of anilines is 1. The van der Waals surface area contributed by atoms with E-state index in [0.29, 0.717) is 22.4 Å². The number of ether oxygens (including phenoxy) is 1. The molecule has 5 nitrogen and oxygen atoms in total. The Bertz CT molecular complexity index is 625. The van der Waals surface area contributed by atoms with Gasteiger partial charge in [-0.05, 0) is 13.0 Å². The van der Waals surface area contributed by atoms with E-state index in [4.69, 9.17) is 32.5 Å². The van der Waals surface area contributed by atoms with E-state index in [1.807, 2.05) is 0 Å². The molecule has 0 saturated heterocycles. The maximum atomic E-state index is 12.0. The summed E-state index contributed by atoms with van der Waals surface area (Å²) in [4.78, 5) is 12.0. The van der Waals surface area contributed by atoms with Gasteiger partial charge in [0.25, 0.3) is 5.91 Å². The fraction of sp³-hybridized carbons (Fsp3) is 0.167. The third-order valence-electron chi connectivity index (χ3n) is 2.36. The number of hydrogen-bond donors (Lipinski definition) is 1. The Balaban J connectivity index is 2.26. The van der Waals surface area contributed by atoms with Gasteiger partial charge in [-0.3, -0.25) is 4.79 Å². The number of carbonyl (C=O) groups excluding carboxylic acids is 1. The second-order valence-electron chi connectivity index (χ2n) is 3.74. The smallest absolute Gasteiger partial charge is 0.258 e. The molecule has 2 rings (SSSR count). The number of aromatic nitrogens is 1. The van der Waals surface area contributed by atoms with E-state index in [1.165, 1.54) is 19.2 Å². The predicted octanol–water partition coefficient (Wildman–Crippen LogP) is 3.55. The van der Waals surface area contributed by atoms with Crippen molar-refractivity contribution in [2.75, 3.05) is 12.4 Å². The third kappa shape index (κ3) is 3.00. The van der Waals surface area contributed by atoms with E-state index >= 15 is 0 Å². The first-order chi connectivity index (χ1) is 9.01. The van der Waals surface area contributed by atoms with Crippen LogP contribution in [0.4, 0.5) is 5.82 Å². The Kier molecular flexibility index (Phi) is 3.97. The Labute approximate surface area is 119 Å². The molecule has 0 bridgehead atoms. The van der Waals surface area contributed by atoms with Gasteiger partial charge in [0, 0.05) is 12.1 Å². The topological polar surface area (TPSA) is 64.4 Å². The summed E-state index contributed by atoms with van der Waals surface area (Å²) < 4.78 is 9.85. The van der Waals surface area contributed by atoms with Crippen LogP contribution < -0.4 is 10.1 Å². The lowest BCUT2D eigenvalue weighted by Gasteiger charge is -2.08. The average molecular weight is 301 g/mol. The first-order valence-corrected chi connectivity index (χ1v) is 6.04.